The molecule has 124 valence electrons. The van der Waals surface area contributed by atoms with E-state index in [0.717, 1.165) is 16.6 Å². The summed E-state index contributed by atoms with van der Waals surface area (Å²) in [6.07, 6.45) is 0. The summed E-state index contributed by atoms with van der Waals surface area (Å²) in [6, 6.07) is 16.6. The SMILES string of the molecule is CC(=O)Nc1cccc2ccc(N=Nc3ccccc3C)c(O)c12.[NaH].[NaH]. The predicted molar refractivity (Wildman–Crippen MR) is 110 cm³/mol. The number of nitrogens with zero attached hydrogens (tertiary/aromatic N) is 2. The molecule has 0 saturated heterocycles. The van der Waals surface area contributed by atoms with Gasteiger partial charge in [0.1, 0.15) is 5.69 Å². The van der Waals surface area contributed by atoms with Crippen molar-refractivity contribution >= 4 is 92.9 Å². The fourth-order valence-electron chi connectivity index (χ4n) is 2.51. The van der Waals surface area contributed by atoms with Gasteiger partial charge in [0.15, 0.2) is 5.75 Å². The molecule has 0 spiro atoms. The molecule has 0 fully saturated rings. The first-order valence-electron chi connectivity index (χ1n) is 7.56. The number of carbonyl (C=O) groups excluding carboxylic acids is 1. The molecular formula is C19H19N3Na2O2. The minimum atomic E-state index is -0.200. The van der Waals surface area contributed by atoms with E-state index in [2.05, 4.69) is 15.5 Å². The van der Waals surface area contributed by atoms with Crippen LogP contribution in [-0.2, 0) is 4.79 Å². The number of nitrogens with one attached hydrogen (secondary N) is 1. The molecule has 0 saturated carbocycles. The first kappa shape index (κ1) is 22.8. The Morgan fingerprint density at radius 3 is 2.31 bits per heavy atom. The van der Waals surface area contributed by atoms with E-state index in [1.807, 2.05) is 49.4 Å². The van der Waals surface area contributed by atoms with Crippen LogP contribution in [0.2, 0.25) is 0 Å². The van der Waals surface area contributed by atoms with Gasteiger partial charge >= 0.3 is 59.1 Å². The Morgan fingerprint density at radius 1 is 0.923 bits per heavy atom. The Morgan fingerprint density at radius 2 is 1.62 bits per heavy atom. The van der Waals surface area contributed by atoms with E-state index in [-0.39, 0.29) is 70.8 Å². The third-order valence-corrected chi connectivity index (χ3v) is 3.69. The van der Waals surface area contributed by atoms with Crippen LogP contribution in [-0.4, -0.2) is 70.1 Å². The van der Waals surface area contributed by atoms with E-state index in [1.54, 1.807) is 12.1 Å². The van der Waals surface area contributed by atoms with Crippen molar-refractivity contribution in [1.82, 2.24) is 0 Å². The van der Waals surface area contributed by atoms with Gasteiger partial charge in [-0.3, -0.25) is 4.79 Å². The van der Waals surface area contributed by atoms with Crippen LogP contribution < -0.4 is 5.32 Å². The molecule has 3 aromatic carbocycles. The van der Waals surface area contributed by atoms with E-state index in [4.69, 9.17) is 0 Å². The number of azo groups is 1. The van der Waals surface area contributed by atoms with E-state index < -0.39 is 0 Å². The van der Waals surface area contributed by atoms with Crippen LogP contribution in [0.15, 0.2) is 64.8 Å². The molecule has 0 aliphatic rings. The minimum absolute atomic E-state index is 0. The summed E-state index contributed by atoms with van der Waals surface area (Å²) >= 11 is 0. The monoisotopic (exact) mass is 367 g/mol. The number of amides is 1. The Labute approximate surface area is 196 Å². The standard InChI is InChI=1S/C19H17N3O2.2Na.2H/c1-12-6-3-4-8-15(12)21-22-17-11-10-14-7-5-9-16(20-13(2)23)18(14)19(17)24;;;;/h3-11,24H,1-2H3,(H,20,23);;;;. The van der Waals surface area contributed by atoms with Crippen LogP contribution in [0, 0.1) is 6.92 Å². The zero-order valence-corrected chi connectivity index (χ0v) is 13.4. The topological polar surface area (TPSA) is 74.0 Å². The summed E-state index contributed by atoms with van der Waals surface area (Å²) in [6.45, 7) is 3.38. The first-order valence-corrected chi connectivity index (χ1v) is 7.56. The van der Waals surface area contributed by atoms with Gasteiger partial charge in [-0.15, -0.1) is 5.11 Å². The average molecular weight is 367 g/mol. The van der Waals surface area contributed by atoms with Crippen molar-refractivity contribution in [2.75, 3.05) is 5.32 Å². The molecule has 1 amide bonds. The molecule has 0 unspecified atom stereocenters. The fourth-order valence-corrected chi connectivity index (χ4v) is 2.51. The molecule has 5 nitrogen and oxygen atoms in total. The second kappa shape index (κ2) is 10.2. The molecule has 0 bridgehead atoms. The van der Waals surface area contributed by atoms with Gasteiger partial charge in [0.2, 0.25) is 5.91 Å². The third kappa shape index (κ3) is 5.16. The molecular weight excluding hydrogens is 348 g/mol. The fraction of sp³-hybridized carbons (Fsp3) is 0.105. The van der Waals surface area contributed by atoms with Crippen LogP contribution in [0.3, 0.4) is 0 Å². The normalized spacial score (nSPS) is 10.2. The zero-order valence-electron chi connectivity index (χ0n) is 13.4. The van der Waals surface area contributed by atoms with E-state index in [1.165, 1.54) is 6.92 Å². The second-order valence-electron chi connectivity index (χ2n) is 5.50. The Bertz CT molecular complexity index is 959. The summed E-state index contributed by atoms with van der Waals surface area (Å²) in [5, 5.41) is 23.1. The average Bonchev–Trinajstić information content (AvgIpc) is 2.55. The van der Waals surface area contributed by atoms with Gasteiger partial charge in [-0.2, -0.15) is 5.11 Å². The molecule has 0 heterocycles. The van der Waals surface area contributed by atoms with Gasteiger partial charge < -0.3 is 10.4 Å². The molecule has 2 N–H and O–H groups in total. The summed E-state index contributed by atoms with van der Waals surface area (Å²) in [5.41, 5.74) is 2.64. The number of phenols is 1. The molecule has 0 radical (unpaired) electrons. The molecule has 3 aromatic rings. The van der Waals surface area contributed by atoms with E-state index in [9.17, 15) is 9.90 Å². The maximum atomic E-state index is 11.4. The Kier molecular flexibility index (Phi) is 8.96. The summed E-state index contributed by atoms with van der Waals surface area (Å²) in [4.78, 5) is 11.4. The zero-order chi connectivity index (χ0) is 17.1. The number of rotatable bonds is 3. The molecule has 0 aromatic heterocycles. The van der Waals surface area contributed by atoms with E-state index >= 15 is 0 Å². The van der Waals surface area contributed by atoms with Crippen molar-refractivity contribution in [2.45, 2.75) is 13.8 Å². The number of aromatic hydroxyl groups is 1. The van der Waals surface area contributed by atoms with Gasteiger partial charge in [0.05, 0.1) is 11.4 Å². The molecule has 3 rings (SSSR count). The number of fused-ring (bicyclic) bond motifs is 1. The molecule has 26 heavy (non-hydrogen) atoms. The number of carbonyl (C=O) groups is 1. The van der Waals surface area contributed by atoms with Crippen molar-refractivity contribution in [3.8, 4) is 5.75 Å². The summed E-state index contributed by atoms with van der Waals surface area (Å²) < 4.78 is 0. The second-order valence-corrected chi connectivity index (χ2v) is 5.50. The van der Waals surface area contributed by atoms with Gasteiger partial charge in [-0.05, 0) is 36.1 Å². The summed E-state index contributed by atoms with van der Waals surface area (Å²) in [5.74, 6) is -0.206. The molecule has 0 aliphatic heterocycles. The van der Waals surface area contributed by atoms with Gasteiger partial charge in [-0.25, -0.2) is 0 Å². The molecule has 0 aliphatic carbocycles. The van der Waals surface area contributed by atoms with Crippen LogP contribution in [0.1, 0.15) is 12.5 Å². The Hall–Kier alpha value is -1.21. The van der Waals surface area contributed by atoms with Gasteiger partial charge in [0.25, 0.3) is 0 Å². The van der Waals surface area contributed by atoms with Crippen LogP contribution in [0.4, 0.5) is 17.1 Å². The Balaban J connectivity index is 0.00000169. The van der Waals surface area contributed by atoms with Crippen molar-refractivity contribution in [3.63, 3.8) is 0 Å². The van der Waals surface area contributed by atoms with Crippen LogP contribution >= 0.6 is 0 Å². The molecule has 7 heteroatoms. The van der Waals surface area contributed by atoms with Crippen molar-refractivity contribution < 1.29 is 9.90 Å². The number of aryl methyl sites for hydroxylation is 1. The first-order chi connectivity index (χ1) is 11.6. The summed E-state index contributed by atoms with van der Waals surface area (Å²) in [7, 11) is 0. The van der Waals surface area contributed by atoms with Crippen molar-refractivity contribution in [3.05, 3.63) is 60.2 Å². The number of benzene rings is 3. The van der Waals surface area contributed by atoms with Crippen LogP contribution in [0.25, 0.3) is 10.8 Å². The van der Waals surface area contributed by atoms with Crippen molar-refractivity contribution in [2.24, 2.45) is 10.2 Å². The van der Waals surface area contributed by atoms with E-state index in [0.29, 0.717) is 16.8 Å². The molecule has 0 atom stereocenters. The predicted octanol–water partition coefficient (Wildman–Crippen LogP) is 3.93. The quantitative estimate of drug-likeness (QED) is 0.544. The number of hydrogen-bond acceptors (Lipinski definition) is 4. The number of hydrogen-bond donors (Lipinski definition) is 2. The number of anilines is 1. The van der Waals surface area contributed by atoms with Gasteiger partial charge in [-0.1, -0.05) is 36.4 Å². The number of phenolic OH excluding ortho intramolecular Hbond substituents is 1. The van der Waals surface area contributed by atoms with Gasteiger partial charge in [0, 0.05) is 12.3 Å². The maximum absolute atomic E-state index is 11.4. The van der Waals surface area contributed by atoms with Crippen molar-refractivity contribution in [1.29, 1.82) is 0 Å². The third-order valence-electron chi connectivity index (χ3n) is 3.69. The van der Waals surface area contributed by atoms with Crippen LogP contribution in [0.5, 0.6) is 5.75 Å².